The van der Waals surface area contributed by atoms with Crippen LogP contribution in [-0.4, -0.2) is 31.9 Å². The molecule has 106 valence electrons. The van der Waals surface area contributed by atoms with Crippen LogP contribution in [0.3, 0.4) is 0 Å². The van der Waals surface area contributed by atoms with Crippen LogP contribution < -0.4 is 10.5 Å². The SMILES string of the molecule is CC(C)(C)OC(=O)N[C@@H]1CC[C@H](CS(N)(=O)=O)C1. The minimum atomic E-state index is -3.43. The van der Waals surface area contributed by atoms with Crippen LogP contribution in [0.1, 0.15) is 40.0 Å². The van der Waals surface area contributed by atoms with E-state index in [1.807, 2.05) is 0 Å². The van der Waals surface area contributed by atoms with Gasteiger partial charge in [-0.3, -0.25) is 0 Å². The smallest absolute Gasteiger partial charge is 0.407 e. The van der Waals surface area contributed by atoms with Gasteiger partial charge in [0.1, 0.15) is 5.60 Å². The molecule has 0 aromatic rings. The second-order valence-electron chi connectivity index (χ2n) is 5.85. The van der Waals surface area contributed by atoms with Crippen molar-refractivity contribution in [1.82, 2.24) is 5.32 Å². The zero-order chi connectivity index (χ0) is 14.0. The molecule has 1 aliphatic carbocycles. The number of hydrogen-bond acceptors (Lipinski definition) is 4. The van der Waals surface area contributed by atoms with Crippen LogP contribution >= 0.6 is 0 Å². The van der Waals surface area contributed by atoms with Gasteiger partial charge in [-0.15, -0.1) is 0 Å². The normalized spacial score (nSPS) is 24.9. The summed E-state index contributed by atoms with van der Waals surface area (Å²) in [5, 5.41) is 7.76. The fourth-order valence-electron chi connectivity index (χ4n) is 2.16. The highest BCUT2D eigenvalue weighted by Gasteiger charge is 2.29. The fraction of sp³-hybridized carbons (Fsp3) is 0.909. The standard InChI is InChI=1S/C11H22N2O4S/c1-11(2,3)17-10(14)13-9-5-4-8(6-9)7-18(12,15)16/h8-9H,4-7H2,1-3H3,(H,13,14)(H2,12,15,16)/t8-,9+/m0/s1. The monoisotopic (exact) mass is 278 g/mol. The first-order valence-electron chi connectivity index (χ1n) is 6.05. The van der Waals surface area contributed by atoms with E-state index in [4.69, 9.17) is 9.88 Å². The van der Waals surface area contributed by atoms with E-state index < -0.39 is 21.7 Å². The quantitative estimate of drug-likeness (QED) is 0.803. The van der Waals surface area contributed by atoms with E-state index in [0.29, 0.717) is 6.42 Å². The number of ether oxygens (including phenoxy) is 1. The molecule has 0 spiro atoms. The number of carbonyl (C=O) groups excluding carboxylic acids is 1. The molecule has 1 fully saturated rings. The van der Waals surface area contributed by atoms with Crippen molar-refractivity contribution in [3.05, 3.63) is 0 Å². The molecule has 0 unspecified atom stereocenters. The number of primary sulfonamides is 1. The molecule has 1 saturated carbocycles. The first-order chi connectivity index (χ1) is 8.05. The third kappa shape index (κ3) is 6.20. The summed E-state index contributed by atoms with van der Waals surface area (Å²) in [5.74, 6) is 0.0133. The summed E-state index contributed by atoms with van der Waals surface area (Å²) in [4.78, 5) is 11.5. The molecule has 0 aromatic carbocycles. The van der Waals surface area contributed by atoms with Crippen molar-refractivity contribution >= 4 is 16.1 Å². The van der Waals surface area contributed by atoms with Crippen LogP contribution in [0.2, 0.25) is 0 Å². The highest BCUT2D eigenvalue weighted by Crippen LogP contribution is 2.26. The molecular formula is C11H22N2O4S. The summed E-state index contributed by atoms with van der Waals surface area (Å²) in [6, 6.07) is -0.0217. The van der Waals surface area contributed by atoms with Crippen LogP contribution in [0, 0.1) is 5.92 Å². The molecule has 18 heavy (non-hydrogen) atoms. The van der Waals surface area contributed by atoms with Gasteiger partial charge in [-0.25, -0.2) is 18.4 Å². The lowest BCUT2D eigenvalue weighted by atomic mass is 10.1. The Kier molecular flexibility index (Phi) is 4.61. The van der Waals surface area contributed by atoms with Crippen LogP contribution in [0.25, 0.3) is 0 Å². The molecule has 0 aromatic heterocycles. The lowest BCUT2D eigenvalue weighted by molar-refractivity contribution is 0.0505. The van der Waals surface area contributed by atoms with Crippen molar-refractivity contribution in [3.8, 4) is 0 Å². The number of nitrogens with two attached hydrogens (primary N) is 1. The highest BCUT2D eigenvalue weighted by atomic mass is 32.2. The van der Waals surface area contributed by atoms with E-state index in [-0.39, 0.29) is 17.7 Å². The van der Waals surface area contributed by atoms with Gasteiger partial charge in [-0.05, 0) is 46.0 Å². The van der Waals surface area contributed by atoms with Crippen LogP contribution in [0.4, 0.5) is 4.79 Å². The van der Waals surface area contributed by atoms with Gasteiger partial charge in [0, 0.05) is 6.04 Å². The van der Waals surface area contributed by atoms with E-state index in [1.165, 1.54) is 0 Å². The second-order valence-corrected chi connectivity index (χ2v) is 7.51. The van der Waals surface area contributed by atoms with Crippen molar-refractivity contribution in [2.45, 2.75) is 51.7 Å². The minimum absolute atomic E-state index is 0.0144. The lowest BCUT2D eigenvalue weighted by Gasteiger charge is -2.21. The Hall–Kier alpha value is -0.820. The Morgan fingerprint density at radius 1 is 1.39 bits per heavy atom. The number of carbonyl (C=O) groups is 1. The van der Waals surface area contributed by atoms with Gasteiger partial charge in [0.15, 0.2) is 0 Å². The maximum Gasteiger partial charge on any atom is 0.407 e. The lowest BCUT2D eigenvalue weighted by Crippen LogP contribution is -2.38. The fourth-order valence-corrected chi connectivity index (χ4v) is 3.12. The van der Waals surface area contributed by atoms with E-state index in [0.717, 1.165) is 12.8 Å². The van der Waals surface area contributed by atoms with Crippen molar-refractivity contribution in [3.63, 3.8) is 0 Å². The Bertz CT molecular complexity index is 400. The van der Waals surface area contributed by atoms with Crippen molar-refractivity contribution in [2.24, 2.45) is 11.1 Å². The number of rotatable bonds is 3. The summed E-state index contributed by atoms with van der Waals surface area (Å²) in [6.07, 6.45) is 1.70. The summed E-state index contributed by atoms with van der Waals surface area (Å²) in [5.41, 5.74) is -0.525. The van der Waals surface area contributed by atoms with E-state index in [9.17, 15) is 13.2 Å². The van der Waals surface area contributed by atoms with Gasteiger partial charge in [0.2, 0.25) is 10.0 Å². The number of sulfonamides is 1. The third-order valence-corrected chi connectivity index (χ3v) is 3.67. The van der Waals surface area contributed by atoms with E-state index in [2.05, 4.69) is 5.32 Å². The molecule has 1 rings (SSSR count). The largest absolute Gasteiger partial charge is 0.444 e. The molecule has 1 aliphatic rings. The van der Waals surface area contributed by atoms with Gasteiger partial charge in [-0.1, -0.05) is 0 Å². The summed E-state index contributed by atoms with van der Waals surface area (Å²) in [7, 11) is -3.43. The molecule has 0 aliphatic heterocycles. The zero-order valence-electron chi connectivity index (χ0n) is 11.1. The minimum Gasteiger partial charge on any atom is -0.444 e. The maximum atomic E-state index is 11.5. The molecule has 7 heteroatoms. The molecule has 1 amide bonds. The van der Waals surface area contributed by atoms with Gasteiger partial charge < -0.3 is 10.1 Å². The maximum absolute atomic E-state index is 11.5. The van der Waals surface area contributed by atoms with Gasteiger partial charge in [0.25, 0.3) is 0 Å². The summed E-state index contributed by atoms with van der Waals surface area (Å²) >= 11 is 0. The number of alkyl carbamates (subject to hydrolysis) is 1. The number of amides is 1. The highest BCUT2D eigenvalue weighted by molar-refractivity contribution is 7.89. The van der Waals surface area contributed by atoms with Crippen LogP contribution in [0.5, 0.6) is 0 Å². The second kappa shape index (κ2) is 5.44. The van der Waals surface area contributed by atoms with Gasteiger partial charge in [0.05, 0.1) is 5.75 Å². The number of hydrogen-bond donors (Lipinski definition) is 2. The predicted molar refractivity (Wildman–Crippen MR) is 68.5 cm³/mol. The Morgan fingerprint density at radius 2 is 2.00 bits per heavy atom. The van der Waals surface area contributed by atoms with Crippen LogP contribution in [-0.2, 0) is 14.8 Å². The Morgan fingerprint density at radius 3 is 2.50 bits per heavy atom. The average molecular weight is 278 g/mol. The Labute approximate surface area is 108 Å². The molecule has 0 heterocycles. The van der Waals surface area contributed by atoms with Crippen molar-refractivity contribution < 1.29 is 17.9 Å². The first kappa shape index (κ1) is 15.2. The molecule has 0 bridgehead atoms. The van der Waals surface area contributed by atoms with Gasteiger partial charge >= 0.3 is 6.09 Å². The number of nitrogens with one attached hydrogen (secondary N) is 1. The first-order valence-corrected chi connectivity index (χ1v) is 7.77. The van der Waals surface area contributed by atoms with Crippen molar-refractivity contribution in [2.75, 3.05) is 5.75 Å². The summed E-state index contributed by atoms with van der Waals surface area (Å²) in [6.45, 7) is 5.39. The van der Waals surface area contributed by atoms with Crippen LogP contribution in [0.15, 0.2) is 0 Å². The van der Waals surface area contributed by atoms with E-state index >= 15 is 0 Å². The van der Waals surface area contributed by atoms with Crippen molar-refractivity contribution in [1.29, 1.82) is 0 Å². The molecule has 0 radical (unpaired) electrons. The zero-order valence-corrected chi connectivity index (χ0v) is 11.9. The molecule has 0 saturated heterocycles. The Balaban J connectivity index is 2.37. The average Bonchev–Trinajstić information content (AvgIpc) is 2.44. The summed E-state index contributed by atoms with van der Waals surface area (Å²) < 4.78 is 27.1. The molecule has 3 N–H and O–H groups in total. The third-order valence-electron chi connectivity index (χ3n) is 2.73. The topological polar surface area (TPSA) is 98.5 Å². The molecule has 2 atom stereocenters. The molecular weight excluding hydrogens is 256 g/mol. The van der Waals surface area contributed by atoms with E-state index in [1.54, 1.807) is 20.8 Å². The predicted octanol–water partition coefficient (Wildman–Crippen LogP) is 0.968. The van der Waals surface area contributed by atoms with Gasteiger partial charge in [-0.2, -0.15) is 0 Å². The molecule has 6 nitrogen and oxygen atoms in total.